The van der Waals surface area contributed by atoms with E-state index in [0.29, 0.717) is 40.5 Å². The van der Waals surface area contributed by atoms with Crippen LogP contribution >= 0.6 is 11.6 Å². The van der Waals surface area contributed by atoms with Crippen molar-refractivity contribution in [3.8, 4) is 11.8 Å². The molecule has 0 radical (unpaired) electrons. The van der Waals surface area contributed by atoms with E-state index in [1.165, 1.54) is 0 Å². The molecule has 3 aromatic rings. The maximum Gasteiger partial charge on any atom is 0.254 e. The number of amides is 2. The Labute approximate surface area is 222 Å². The van der Waals surface area contributed by atoms with Crippen molar-refractivity contribution < 1.29 is 14.3 Å². The Morgan fingerprint density at radius 1 is 1.08 bits per heavy atom. The molecule has 0 aromatic heterocycles. The molecule has 0 spiro atoms. The lowest BCUT2D eigenvalue weighted by Crippen LogP contribution is -2.41. The standard InChI is InChI=1S/C29H31ClN4O3/c1-29(2,18-32)19-34(28(36)22-8-4-21(16-31)5-9-22)17-23-15-24(10-13-26(23)30)33-27(35)14-20-6-11-25(37-3)12-7-20/h4-13,15H,14,17-19,32H2,1-3H3,(H,33,35). The zero-order chi connectivity index (χ0) is 27.0. The number of nitriles is 1. The lowest BCUT2D eigenvalue weighted by molar-refractivity contribution is -0.115. The molecule has 192 valence electrons. The summed E-state index contributed by atoms with van der Waals surface area (Å²) in [5.41, 5.74) is 8.70. The Hall–Kier alpha value is -3.86. The van der Waals surface area contributed by atoms with Crippen LogP contribution in [0.15, 0.2) is 66.7 Å². The third kappa shape index (κ3) is 7.81. The maximum atomic E-state index is 13.4. The molecule has 0 atom stereocenters. The van der Waals surface area contributed by atoms with Gasteiger partial charge in [0.15, 0.2) is 0 Å². The van der Waals surface area contributed by atoms with Gasteiger partial charge in [0.1, 0.15) is 5.75 Å². The van der Waals surface area contributed by atoms with Gasteiger partial charge in [-0.15, -0.1) is 0 Å². The van der Waals surface area contributed by atoms with E-state index in [-0.39, 0.29) is 30.2 Å². The van der Waals surface area contributed by atoms with Gasteiger partial charge in [-0.3, -0.25) is 9.59 Å². The van der Waals surface area contributed by atoms with E-state index >= 15 is 0 Å². The van der Waals surface area contributed by atoms with Gasteiger partial charge in [-0.05, 0) is 77.7 Å². The van der Waals surface area contributed by atoms with Crippen molar-refractivity contribution in [1.29, 1.82) is 5.26 Å². The second-order valence-corrected chi connectivity index (χ2v) is 10.0. The van der Waals surface area contributed by atoms with Crippen molar-refractivity contribution in [2.45, 2.75) is 26.8 Å². The zero-order valence-corrected chi connectivity index (χ0v) is 22.0. The van der Waals surface area contributed by atoms with Crippen LogP contribution in [0.5, 0.6) is 5.75 Å². The quantitative estimate of drug-likeness (QED) is 0.391. The number of hydrogen-bond acceptors (Lipinski definition) is 5. The summed E-state index contributed by atoms with van der Waals surface area (Å²) in [6.07, 6.45) is 0.204. The minimum atomic E-state index is -0.334. The molecule has 8 heteroatoms. The number of benzene rings is 3. The van der Waals surface area contributed by atoms with Crippen LogP contribution in [0.3, 0.4) is 0 Å². The number of ether oxygens (including phenoxy) is 1. The van der Waals surface area contributed by atoms with Gasteiger partial charge in [0.05, 0.1) is 25.2 Å². The minimum Gasteiger partial charge on any atom is -0.497 e. The molecule has 3 aromatic carbocycles. The number of methoxy groups -OCH3 is 1. The molecular formula is C29H31ClN4O3. The third-order valence-electron chi connectivity index (χ3n) is 5.93. The van der Waals surface area contributed by atoms with Gasteiger partial charge < -0.3 is 20.7 Å². The van der Waals surface area contributed by atoms with Crippen LogP contribution in [0.4, 0.5) is 5.69 Å². The Bertz CT molecular complexity index is 1280. The van der Waals surface area contributed by atoms with Crippen LogP contribution in [0.25, 0.3) is 0 Å². The Balaban J connectivity index is 1.79. The molecule has 0 saturated carbocycles. The molecule has 0 bridgehead atoms. The van der Waals surface area contributed by atoms with Gasteiger partial charge in [-0.25, -0.2) is 0 Å². The summed E-state index contributed by atoms with van der Waals surface area (Å²) in [6.45, 7) is 4.99. The normalized spacial score (nSPS) is 10.9. The summed E-state index contributed by atoms with van der Waals surface area (Å²) in [4.78, 5) is 27.8. The fourth-order valence-electron chi connectivity index (χ4n) is 3.76. The summed E-state index contributed by atoms with van der Waals surface area (Å²) in [5, 5.41) is 12.5. The van der Waals surface area contributed by atoms with Gasteiger partial charge >= 0.3 is 0 Å². The summed E-state index contributed by atoms with van der Waals surface area (Å²) >= 11 is 6.51. The molecule has 3 N–H and O–H groups in total. The highest BCUT2D eigenvalue weighted by Gasteiger charge is 2.25. The second-order valence-electron chi connectivity index (χ2n) is 9.60. The summed E-state index contributed by atoms with van der Waals surface area (Å²) in [5.74, 6) is 0.355. The second kappa shape index (κ2) is 12.4. The molecule has 0 aliphatic rings. The highest BCUT2D eigenvalue weighted by atomic mass is 35.5. The summed E-state index contributed by atoms with van der Waals surface area (Å²) < 4.78 is 5.16. The number of nitrogens with one attached hydrogen (secondary N) is 1. The first-order chi connectivity index (χ1) is 17.6. The molecule has 0 heterocycles. The van der Waals surface area contributed by atoms with E-state index in [4.69, 9.17) is 27.3 Å². The first kappa shape index (κ1) is 27.7. The van der Waals surface area contributed by atoms with Gasteiger partial charge in [0.2, 0.25) is 5.91 Å². The molecular weight excluding hydrogens is 488 g/mol. The van der Waals surface area contributed by atoms with Crippen LogP contribution in [-0.2, 0) is 17.8 Å². The average molecular weight is 519 g/mol. The Morgan fingerprint density at radius 2 is 1.76 bits per heavy atom. The molecule has 3 rings (SSSR count). The van der Waals surface area contributed by atoms with E-state index in [0.717, 1.165) is 11.3 Å². The van der Waals surface area contributed by atoms with Crippen LogP contribution in [-0.4, -0.2) is 36.9 Å². The molecule has 2 amide bonds. The monoisotopic (exact) mass is 518 g/mol. The largest absolute Gasteiger partial charge is 0.497 e. The molecule has 0 fully saturated rings. The SMILES string of the molecule is COc1ccc(CC(=O)Nc2ccc(Cl)c(CN(CC(C)(C)CN)C(=O)c3ccc(C#N)cc3)c2)cc1. The van der Waals surface area contributed by atoms with Gasteiger partial charge in [0, 0.05) is 29.4 Å². The number of hydrogen-bond donors (Lipinski definition) is 2. The predicted molar refractivity (Wildman–Crippen MR) is 146 cm³/mol. The van der Waals surface area contributed by atoms with Crippen molar-refractivity contribution in [3.05, 3.63) is 94.0 Å². The summed E-state index contributed by atoms with van der Waals surface area (Å²) in [7, 11) is 1.59. The van der Waals surface area contributed by atoms with E-state index in [9.17, 15) is 9.59 Å². The highest BCUT2D eigenvalue weighted by Crippen LogP contribution is 2.26. The zero-order valence-electron chi connectivity index (χ0n) is 21.3. The lowest BCUT2D eigenvalue weighted by atomic mass is 9.92. The maximum absolute atomic E-state index is 13.4. The number of anilines is 1. The number of carbonyl (C=O) groups is 2. The van der Waals surface area contributed by atoms with Crippen molar-refractivity contribution in [2.24, 2.45) is 11.1 Å². The average Bonchev–Trinajstić information content (AvgIpc) is 2.90. The van der Waals surface area contributed by atoms with Crippen molar-refractivity contribution in [2.75, 3.05) is 25.5 Å². The molecule has 37 heavy (non-hydrogen) atoms. The highest BCUT2D eigenvalue weighted by molar-refractivity contribution is 6.31. The van der Waals surface area contributed by atoms with E-state index < -0.39 is 0 Å². The van der Waals surface area contributed by atoms with Crippen molar-refractivity contribution in [3.63, 3.8) is 0 Å². The fourth-order valence-corrected chi connectivity index (χ4v) is 3.94. The number of nitrogens with two attached hydrogens (primary N) is 1. The Morgan fingerprint density at radius 3 is 2.35 bits per heavy atom. The van der Waals surface area contributed by atoms with Crippen LogP contribution < -0.4 is 15.8 Å². The minimum absolute atomic E-state index is 0.173. The topological polar surface area (TPSA) is 108 Å². The van der Waals surface area contributed by atoms with Gasteiger partial charge in [-0.1, -0.05) is 37.6 Å². The van der Waals surface area contributed by atoms with Gasteiger partial charge in [0.25, 0.3) is 5.91 Å². The fraction of sp³-hybridized carbons (Fsp3) is 0.276. The number of nitrogens with zero attached hydrogens (tertiary/aromatic N) is 2. The number of carbonyl (C=O) groups excluding carboxylic acids is 2. The molecule has 0 aliphatic carbocycles. The Kier molecular flexibility index (Phi) is 9.29. The number of halogens is 1. The molecule has 7 nitrogen and oxygen atoms in total. The molecule has 0 unspecified atom stereocenters. The van der Waals surface area contributed by atoms with Crippen LogP contribution in [0.2, 0.25) is 5.02 Å². The van der Waals surface area contributed by atoms with Crippen molar-refractivity contribution in [1.82, 2.24) is 4.90 Å². The first-order valence-corrected chi connectivity index (χ1v) is 12.2. The van der Waals surface area contributed by atoms with Gasteiger partial charge in [-0.2, -0.15) is 5.26 Å². The van der Waals surface area contributed by atoms with Crippen molar-refractivity contribution >= 4 is 29.1 Å². The van der Waals surface area contributed by atoms with E-state index in [1.54, 1.807) is 54.5 Å². The molecule has 0 aliphatic heterocycles. The van der Waals surface area contributed by atoms with E-state index in [1.807, 2.05) is 38.1 Å². The predicted octanol–water partition coefficient (Wildman–Crippen LogP) is 5.03. The van der Waals surface area contributed by atoms with Crippen LogP contribution in [0, 0.1) is 16.7 Å². The lowest BCUT2D eigenvalue weighted by Gasteiger charge is -2.32. The van der Waals surface area contributed by atoms with Crippen LogP contribution in [0.1, 0.15) is 40.9 Å². The smallest absolute Gasteiger partial charge is 0.254 e. The van der Waals surface area contributed by atoms with E-state index in [2.05, 4.69) is 11.4 Å². The summed E-state index contributed by atoms with van der Waals surface area (Å²) in [6, 6.07) is 21.1. The number of rotatable bonds is 10. The first-order valence-electron chi connectivity index (χ1n) is 11.8. The molecule has 0 saturated heterocycles. The third-order valence-corrected chi connectivity index (χ3v) is 6.30.